The first kappa shape index (κ1) is 15.4. The van der Waals surface area contributed by atoms with Crippen LogP contribution in [0, 0.1) is 6.92 Å². The molecule has 0 spiro atoms. The van der Waals surface area contributed by atoms with Gasteiger partial charge < -0.3 is 9.84 Å². The SMILES string of the molecule is Cc1nc(CC(=O)NCCc2nc(-c3ccccc3)no2)cs1. The van der Waals surface area contributed by atoms with Gasteiger partial charge in [-0.15, -0.1) is 11.3 Å². The van der Waals surface area contributed by atoms with Gasteiger partial charge >= 0.3 is 0 Å². The predicted molar refractivity (Wildman–Crippen MR) is 87.0 cm³/mol. The van der Waals surface area contributed by atoms with Crippen molar-refractivity contribution < 1.29 is 9.32 Å². The minimum absolute atomic E-state index is 0.0573. The van der Waals surface area contributed by atoms with Crippen molar-refractivity contribution in [3.63, 3.8) is 0 Å². The Morgan fingerprint density at radius 1 is 1.26 bits per heavy atom. The third kappa shape index (κ3) is 4.23. The Hall–Kier alpha value is -2.54. The molecule has 0 aliphatic heterocycles. The van der Waals surface area contributed by atoms with Gasteiger partial charge in [-0.2, -0.15) is 4.98 Å². The first-order valence-electron chi connectivity index (χ1n) is 7.26. The van der Waals surface area contributed by atoms with Crippen LogP contribution < -0.4 is 5.32 Å². The maximum atomic E-state index is 11.8. The molecule has 2 aromatic heterocycles. The van der Waals surface area contributed by atoms with E-state index in [1.807, 2.05) is 42.6 Å². The number of carbonyl (C=O) groups excluding carboxylic acids is 1. The first-order chi connectivity index (χ1) is 11.2. The molecule has 2 heterocycles. The standard InChI is InChI=1S/C16H16N4O2S/c1-11-18-13(10-23-11)9-14(21)17-8-7-15-19-16(20-22-15)12-5-3-2-4-6-12/h2-6,10H,7-9H2,1H3,(H,17,21). The third-order valence-electron chi connectivity index (χ3n) is 3.17. The number of hydrogen-bond donors (Lipinski definition) is 1. The Bertz CT molecular complexity index is 782. The summed E-state index contributed by atoms with van der Waals surface area (Å²) in [5.41, 5.74) is 1.71. The van der Waals surface area contributed by atoms with Crippen LogP contribution in [0.1, 0.15) is 16.6 Å². The second kappa shape index (κ2) is 7.15. The highest BCUT2D eigenvalue weighted by atomic mass is 32.1. The molecule has 118 valence electrons. The number of rotatable bonds is 6. The first-order valence-corrected chi connectivity index (χ1v) is 8.14. The maximum absolute atomic E-state index is 11.8. The molecule has 0 aliphatic carbocycles. The predicted octanol–water partition coefficient (Wildman–Crippen LogP) is 2.40. The Morgan fingerprint density at radius 2 is 2.09 bits per heavy atom. The molecule has 1 amide bonds. The van der Waals surface area contributed by atoms with Gasteiger partial charge in [0.05, 0.1) is 17.1 Å². The van der Waals surface area contributed by atoms with Gasteiger partial charge in [-0.05, 0) is 6.92 Å². The van der Waals surface area contributed by atoms with E-state index in [4.69, 9.17) is 4.52 Å². The minimum atomic E-state index is -0.0573. The summed E-state index contributed by atoms with van der Waals surface area (Å²) in [6.07, 6.45) is 0.797. The summed E-state index contributed by atoms with van der Waals surface area (Å²) in [7, 11) is 0. The summed E-state index contributed by atoms with van der Waals surface area (Å²) in [6.45, 7) is 2.38. The molecule has 3 aromatic rings. The fourth-order valence-corrected chi connectivity index (χ4v) is 2.70. The maximum Gasteiger partial charge on any atom is 0.228 e. The lowest BCUT2D eigenvalue weighted by molar-refractivity contribution is -0.120. The number of nitrogens with one attached hydrogen (secondary N) is 1. The van der Waals surface area contributed by atoms with Gasteiger partial charge in [-0.1, -0.05) is 35.5 Å². The lowest BCUT2D eigenvalue weighted by atomic mass is 10.2. The average Bonchev–Trinajstić information content (AvgIpc) is 3.17. The summed E-state index contributed by atoms with van der Waals surface area (Å²) in [4.78, 5) is 20.4. The molecule has 6 nitrogen and oxygen atoms in total. The molecule has 7 heteroatoms. The fourth-order valence-electron chi connectivity index (χ4n) is 2.09. The van der Waals surface area contributed by atoms with Gasteiger partial charge in [0.1, 0.15) is 0 Å². The number of aromatic nitrogens is 3. The van der Waals surface area contributed by atoms with Crippen LogP contribution in [0.3, 0.4) is 0 Å². The zero-order chi connectivity index (χ0) is 16.1. The zero-order valence-corrected chi connectivity index (χ0v) is 13.5. The van der Waals surface area contributed by atoms with Gasteiger partial charge in [0, 0.05) is 23.9 Å². The van der Waals surface area contributed by atoms with E-state index >= 15 is 0 Å². The van der Waals surface area contributed by atoms with E-state index in [-0.39, 0.29) is 5.91 Å². The summed E-state index contributed by atoms with van der Waals surface area (Å²) >= 11 is 1.54. The van der Waals surface area contributed by atoms with Crippen molar-refractivity contribution in [3.8, 4) is 11.4 Å². The van der Waals surface area contributed by atoms with Crippen LogP contribution in [0.2, 0.25) is 0 Å². The zero-order valence-electron chi connectivity index (χ0n) is 12.7. The molecule has 0 bridgehead atoms. The number of carbonyl (C=O) groups is 1. The van der Waals surface area contributed by atoms with Crippen LogP contribution in [0.15, 0.2) is 40.2 Å². The highest BCUT2D eigenvalue weighted by molar-refractivity contribution is 7.09. The summed E-state index contributed by atoms with van der Waals surface area (Å²) < 4.78 is 5.20. The van der Waals surface area contributed by atoms with Crippen molar-refractivity contribution in [2.24, 2.45) is 0 Å². The second-order valence-corrected chi connectivity index (χ2v) is 6.07. The smallest absolute Gasteiger partial charge is 0.228 e. The van der Waals surface area contributed by atoms with E-state index in [2.05, 4.69) is 20.4 Å². The molecule has 0 saturated heterocycles. The van der Waals surface area contributed by atoms with E-state index in [0.717, 1.165) is 16.3 Å². The van der Waals surface area contributed by atoms with Gasteiger partial charge in [0.25, 0.3) is 0 Å². The number of benzene rings is 1. The van der Waals surface area contributed by atoms with Crippen molar-refractivity contribution in [1.29, 1.82) is 0 Å². The summed E-state index contributed by atoms with van der Waals surface area (Å²) in [6, 6.07) is 9.62. The van der Waals surface area contributed by atoms with E-state index in [9.17, 15) is 4.79 Å². The van der Waals surface area contributed by atoms with Crippen LogP contribution in [0.25, 0.3) is 11.4 Å². The molecule has 0 aliphatic rings. The number of nitrogens with zero attached hydrogens (tertiary/aromatic N) is 3. The second-order valence-electron chi connectivity index (χ2n) is 5.01. The quantitative estimate of drug-likeness (QED) is 0.751. The van der Waals surface area contributed by atoms with Gasteiger partial charge in [-0.25, -0.2) is 4.98 Å². The van der Waals surface area contributed by atoms with E-state index in [0.29, 0.717) is 31.1 Å². The van der Waals surface area contributed by atoms with Crippen molar-refractivity contribution in [1.82, 2.24) is 20.4 Å². The van der Waals surface area contributed by atoms with Crippen LogP contribution in [0.5, 0.6) is 0 Å². The van der Waals surface area contributed by atoms with Gasteiger partial charge in [0.15, 0.2) is 0 Å². The topological polar surface area (TPSA) is 80.9 Å². The molecular weight excluding hydrogens is 312 g/mol. The molecule has 23 heavy (non-hydrogen) atoms. The molecular formula is C16H16N4O2S. The Kier molecular flexibility index (Phi) is 4.77. The van der Waals surface area contributed by atoms with Crippen molar-refractivity contribution in [3.05, 3.63) is 52.3 Å². The number of amides is 1. The molecule has 0 atom stereocenters. The van der Waals surface area contributed by atoms with Gasteiger partial charge in [-0.3, -0.25) is 4.79 Å². The molecule has 0 unspecified atom stereocenters. The summed E-state index contributed by atoms with van der Waals surface area (Å²) in [5, 5.41) is 9.65. The lowest BCUT2D eigenvalue weighted by Crippen LogP contribution is -2.27. The molecule has 1 N–H and O–H groups in total. The van der Waals surface area contributed by atoms with E-state index in [1.54, 1.807) is 11.3 Å². The number of hydrogen-bond acceptors (Lipinski definition) is 6. The van der Waals surface area contributed by atoms with E-state index < -0.39 is 0 Å². The van der Waals surface area contributed by atoms with E-state index in [1.165, 1.54) is 0 Å². The Morgan fingerprint density at radius 3 is 2.83 bits per heavy atom. The monoisotopic (exact) mass is 328 g/mol. The van der Waals surface area contributed by atoms with Gasteiger partial charge in [0.2, 0.25) is 17.6 Å². The van der Waals surface area contributed by atoms with Crippen molar-refractivity contribution in [2.45, 2.75) is 19.8 Å². The number of thiazole rings is 1. The number of aryl methyl sites for hydroxylation is 1. The highest BCUT2D eigenvalue weighted by Gasteiger charge is 2.10. The molecule has 3 rings (SSSR count). The Labute approximate surface area is 137 Å². The van der Waals surface area contributed by atoms with Crippen LogP contribution in [0.4, 0.5) is 0 Å². The summed E-state index contributed by atoms with van der Waals surface area (Å²) in [5.74, 6) is 1.01. The molecule has 1 aromatic carbocycles. The average molecular weight is 328 g/mol. The van der Waals surface area contributed by atoms with Crippen LogP contribution >= 0.6 is 11.3 Å². The Balaban J connectivity index is 1.47. The minimum Gasteiger partial charge on any atom is -0.355 e. The molecule has 0 fully saturated rings. The normalized spacial score (nSPS) is 10.7. The highest BCUT2D eigenvalue weighted by Crippen LogP contribution is 2.14. The third-order valence-corrected chi connectivity index (χ3v) is 3.99. The fraction of sp³-hybridized carbons (Fsp3) is 0.250. The molecule has 0 saturated carbocycles. The van der Waals surface area contributed by atoms with Crippen LogP contribution in [-0.4, -0.2) is 27.6 Å². The molecule has 0 radical (unpaired) electrons. The largest absolute Gasteiger partial charge is 0.355 e. The van der Waals surface area contributed by atoms with Crippen molar-refractivity contribution in [2.75, 3.05) is 6.54 Å². The van der Waals surface area contributed by atoms with Crippen LogP contribution in [-0.2, 0) is 17.6 Å². The lowest BCUT2D eigenvalue weighted by Gasteiger charge is -2.01. The van der Waals surface area contributed by atoms with Crippen molar-refractivity contribution >= 4 is 17.2 Å².